The molecule has 2 heterocycles. The lowest BCUT2D eigenvalue weighted by Crippen LogP contribution is -2.56. The van der Waals surface area contributed by atoms with E-state index in [-0.39, 0.29) is 38.2 Å². The summed E-state index contributed by atoms with van der Waals surface area (Å²) in [6.45, 7) is 7.11. The lowest BCUT2D eigenvalue weighted by Gasteiger charge is -2.29. The van der Waals surface area contributed by atoms with Gasteiger partial charge in [0.15, 0.2) is 0 Å². The fourth-order valence-electron chi connectivity index (χ4n) is 6.57. The highest BCUT2D eigenvalue weighted by Gasteiger charge is 2.37. The maximum Gasteiger partial charge on any atom is 0.408 e. The summed E-state index contributed by atoms with van der Waals surface area (Å²) in [4.78, 5) is 105. The van der Waals surface area contributed by atoms with Gasteiger partial charge in [-0.2, -0.15) is 0 Å². The fraction of sp³-hybridized carbons (Fsp3) is 0.442. The molecular weight excluding hydrogens is 832 g/mol. The zero-order chi connectivity index (χ0) is 45.9. The molecule has 10 N–H and O–H groups in total. The summed E-state index contributed by atoms with van der Waals surface area (Å²) in [7, 11) is -4.36. The zero-order valence-corrected chi connectivity index (χ0v) is 36.8. The van der Waals surface area contributed by atoms with E-state index in [2.05, 4.69) is 46.5 Å². The molecule has 0 aliphatic carbocycles. The highest BCUT2D eigenvalue weighted by molar-refractivity contribution is 7.58. The standard InChI is InChI=1S/C43H59N10O9P/c1-5-28(4)38(42(58)49-33(39(44)55)20-31-22-45-25-47-31)52-36(54)16-17-63(60,61)37(18-27(2)3)53-41(57)35(21-32-23-46-26-48-32)50-40(56)34(19-29-12-8-6-9-13-29)51-43(59)62-24-30-14-10-7-11-15-30/h6-15,22-23,25-28,33-35,37-38H,5,16-21,24H2,1-4H3,(H2,44,55)(H,45,47)(H,46,48)(H,49,58)(H,50,56)(H,51,59)(H,52,54)(H,53,57)(H,60,61)/t28-,33-,34-,35-,37?,38-/m0/s1. The van der Waals surface area contributed by atoms with Gasteiger partial charge in [-0.05, 0) is 29.4 Å². The van der Waals surface area contributed by atoms with Crippen LogP contribution in [0, 0.1) is 11.8 Å². The summed E-state index contributed by atoms with van der Waals surface area (Å²) in [5.74, 6) is -5.58. The molecule has 340 valence electrons. The number of nitrogens with zero attached hydrogens (tertiary/aromatic N) is 2. The van der Waals surface area contributed by atoms with Gasteiger partial charge in [-0.15, -0.1) is 0 Å². The number of hydrogen-bond donors (Lipinski definition) is 9. The number of carbonyl (C=O) groups is 6. The normalized spacial score (nSPS) is 15.0. The van der Waals surface area contributed by atoms with Gasteiger partial charge in [-0.1, -0.05) is 94.8 Å². The summed E-state index contributed by atoms with van der Waals surface area (Å²) >= 11 is 0. The molecule has 0 saturated carbocycles. The van der Waals surface area contributed by atoms with Crippen LogP contribution in [0.5, 0.6) is 0 Å². The summed E-state index contributed by atoms with van der Waals surface area (Å²) in [6.07, 6.45) is 4.39. The monoisotopic (exact) mass is 890 g/mol. The minimum atomic E-state index is -4.36. The molecule has 0 aliphatic heterocycles. The Labute approximate surface area is 366 Å². The number of benzene rings is 2. The maximum atomic E-state index is 14.1. The van der Waals surface area contributed by atoms with Crippen molar-refractivity contribution in [2.45, 2.75) is 103 Å². The van der Waals surface area contributed by atoms with Crippen molar-refractivity contribution in [1.82, 2.24) is 46.5 Å². The van der Waals surface area contributed by atoms with Crippen molar-refractivity contribution in [3.8, 4) is 0 Å². The minimum Gasteiger partial charge on any atom is -0.445 e. The second kappa shape index (κ2) is 24.3. The van der Waals surface area contributed by atoms with Crippen LogP contribution in [0.3, 0.4) is 0 Å². The Hall–Kier alpha value is -6.33. The second-order valence-corrected chi connectivity index (χ2v) is 18.4. The highest BCUT2D eigenvalue weighted by atomic mass is 31.2. The van der Waals surface area contributed by atoms with E-state index in [0.717, 1.165) is 5.56 Å². The first-order chi connectivity index (χ1) is 30.0. The number of nitrogens with one attached hydrogen (secondary N) is 7. The summed E-state index contributed by atoms with van der Waals surface area (Å²) in [5.41, 5.74) is 8.04. The van der Waals surface area contributed by atoms with Crippen molar-refractivity contribution < 1.29 is 43.0 Å². The number of primary amides is 1. The smallest absolute Gasteiger partial charge is 0.408 e. The van der Waals surface area contributed by atoms with Gasteiger partial charge in [0, 0.05) is 55.6 Å². The second-order valence-electron chi connectivity index (χ2n) is 15.8. The lowest BCUT2D eigenvalue weighted by molar-refractivity contribution is -0.132. The number of ether oxygens (including phenoxy) is 1. The first-order valence-electron chi connectivity index (χ1n) is 20.8. The van der Waals surface area contributed by atoms with Gasteiger partial charge in [-0.25, -0.2) is 14.8 Å². The van der Waals surface area contributed by atoms with E-state index in [9.17, 15) is 38.2 Å². The first kappa shape index (κ1) is 49.3. The van der Waals surface area contributed by atoms with Gasteiger partial charge in [-0.3, -0.25) is 28.5 Å². The Morgan fingerprint density at radius 3 is 1.81 bits per heavy atom. The molecule has 0 bridgehead atoms. The van der Waals surface area contributed by atoms with E-state index in [1.807, 2.05) is 13.0 Å². The fourth-order valence-corrected chi connectivity index (χ4v) is 8.48. The quantitative estimate of drug-likeness (QED) is 0.0436. The van der Waals surface area contributed by atoms with Crippen LogP contribution in [0.2, 0.25) is 0 Å². The minimum absolute atomic E-state index is 0.0417. The molecule has 4 rings (SSSR count). The molecule has 0 spiro atoms. The summed E-state index contributed by atoms with van der Waals surface area (Å²) in [5, 5.41) is 13.3. The Kier molecular flexibility index (Phi) is 19.1. The number of rotatable bonds is 25. The van der Waals surface area contributed by atoms with Gasteiger partial charge >= 0.3 is 6.09 Å². The molecule has 0 fully saturated rings. The summed E-state index contributed by atoms with van der Waals surface area (Å²) in [6, 6.07) is 13.2. The lowest BCUT2D eigenvalue weighted by atomic mass is 9.97. The van der Waals surface area contributed by atoms with Crippen molar-refractivity contribution in [3.05, 3.63) is 108 Å². The van der Waals surface area contributed by atoms with Crippen molar-refractivity contribution >= 4 is 43.0 Å². The number of aromatic nitrogens is 4. The Balaban J connectivity index is 1.47. The van der Waals surface area contributed by atoms with Crippen molar-refractivity contribution in [1.29, 1.82) is 0 Å². The number of aromatic amines is 2. The van der Waals surface area contributed by atoms with E-state index in [4.69, 9.17) is 10.5 Å². The third-order valence-corrected chi connectivity index (χ3v) is 12.5. The average molecular weight is 891 g/mol. The van der Waals surface area contributed by atoms with Gasteiger partial charge in [0.25, 0.3) is 0 Å². The van der Waals surface area contributed by atoms with Gasteiger partial charge < -0.3 is 51.9 Å². The van der Waals surface area contributed by atoms with Crippen LogP contribution in [-0.2, 0) is 59.1 Å². The molecule has 0 saturated heterocycles. The van der Waals surface area contributed by atoms with Crippen LogP contribution >= 0.6 is 7.37 Å². The molecule has 19 nitrogen and oxygen atoms in total. The first-order valence-corrected chi connectivity index (χ1v) is 22.7. The van der Waals surface area contributed by atoms with Crippen LogP contribution in [0.15, 0.2) is 85.7 Å². The van der Waals surface area contributed by atoms with E-state index in [0.29, 0.717) is 23.4 Å². The molecule has 0 aliphatic rings. The molecule has 4 aromatic rings. The largest absolute Gasteiger partial charge is 0.445 e. The Morgan fingerprint density at radius 1 is 0.730 bits per heavy atom. The van der Waals surface area contributed by atoms with Crippen LogP contribution in [-0.4, -0.2) is 96.6 Å². The predicted octanol–water partition coefficient (Wildman–Crippen LogP) is 2.59. The molecule has 0 radical (unpaired) electrons. The molecule has 20 heteroatoms. The van der Waals surface area contributed by atoms with Crippen molar-refractivity contribution in [3.63, 3.8) is 0 Å². The molecule has 7 atom stereocenters. The number of alkyl carbamates (subject to hydrolysis) is 1. The highest BCUT2D eigenvalue weighted by Crippen LogP contribution is 2.48. The summed E-state index contributed by atoms with van der Waals surface area (Å²) < 4.78 is 19.5. The van der Waals surface area contributed by atoms with E-state index >= 15 is 0 Å². The number of nitrogens with two attached hydrogens (primary N) is 1. The Morgan fingerprint density at radius 2 is 1.27 bits per heavy atom. The SMILES string of the molecule is CC[C@H](C)[C@H](NC(=O)CCP(=O)(O)C(CC(C)C)NC(=O)[C@H](Cc1cnc[nH]1)NC(=O)[C@H](Cc1ccccc1)NC(=O)OCc1ccccc1)C(=O)N[C@@H](Cc1cnc[nH]1)C(N)=O. The van der Waals surface area contributed by atoms with E-state index in [1.54, 1.807) is 75.4 Å². The number of H-pyrrole nitrogens is 2. The molecule has 2 aromatic heterocycles. The van der Waals surface area contributed by atoms with Crippen LogP contribution in [0.4, 0.5) is 4.79 Å². The van der Waals surface area contributed by atoms with Gasteiger partial charge in [0.1, 0.15) is 36.6 Å². The molecule has 63 heavy (non-hydrogen) atoms. The molecular formula is C43H59N10O9P. The average Bonchev–Trinajstić information content (AvgIpc) is 3.98. The topological polar surface area (TPSA) is 292 Å². The number of imidazole rings is 2. The van der Waals surface area contributed by atoms with Crippen LogP contribution in [0.1, 0.15) is 69.5 Å². The number of carbonyl (C=O) groups excluding carboxylic acids is 6. The number of hydrogen-bond acceptors (Lipinski definition) is 10. The van der Waals surface area contributed by atoms with Crippen molar-refractivity contribution in [2.24, 2.45) is 17.6 Å². The molecule has 2 aromatic carbocycles. The predicted molar refractivity (Wildman–Crippen MR) is 233 cm³/mol. The van der Waals surface area contributed by atoms with E-state index in [1.165, 1.54) is 25.0 Å². The van der Waals surface area contributed by atoms with Gasteiger partial charge in [0.05, 0.1) is 12.7 Å². The third-order valence-electron chi connectivity index (χ3n) is 10.3. The van der Waals surface area contributed by atoms with Crippen LogP contribution < -0.4 is 32.3 Å². The maximum absolute atomic E-state index is 14.1. The van der Waals surface area contributed by atoms with Crippen LogP contribution in [0.25, 0.3) is 0 Å². The third kappa shape index (κ3) is 16.5. The number of amides is 6. The zero-order valence-electron chi connectivity index (χ0n) is 35.9. The molecule has 6 amide bonds. The Bertz CT molecular complexity index is 2120. The van der Waals surface area contributed by atoms with Crippen molar-refractivity contribution in [2.75, 3.05) is 6.16 Å². The molecule has 2 unspecified atom stereocenters. The van der Waals surface area contributed by atoms with Gasteiger partial charge in [0.2, 0.25) is 36.9 Å². The van der Waals surface area contributed by atoms with E-state index < -0.39 is 91.4 Å².